The van der Waals surface area contributed by atoms with Crippen LogP contribution in [0.15, 0.2) is 24.3 Å². The first-order chi connectivity index (χ1) is 8.87. The summed E-state index contributed by atoms with van der Waals surface area (Å²) in [6.07, 6.45) is 0. The highest BCUT2D eigenvalue weighted by Gasteiger charge is 2.29. The maximum absolute atomic E-state index is 12.3. The second-order valence-corrected chi connectivity index (χ2v) is 5.78. The number of halogens is 2. The van der Waals surface area contributed by atoms with Gasteiger partial charge in [0.15, 0.2) is 0 Å². The Morgan fingerprint density at radius 1 is 1.42 bits per heavy atom. The lowest BCUT2D eigenvalue weighted by molar-refractivity contribution is 0.222. The third-order valence-electron chi connectivity index (χ3n) is 2.33. The summed E-state index contributed by atoms with van der Waals surface area (Å²) in [5.41, 5.74) is 6.48. The van der Waals surface area contributed by atoms with Crippen LogP contribution in [0.25, 0.3) is 0 Å². The quantitative estimate of drug-likeness (QED) is 0.840. The van der Waals surface area contributed by atoms with Crippen molar-refractivity contribution in [3.05, 3.63) is 35.4 Å². The Morgan fingerprint density at radius 3 is 2.68 bits per heavy atom. The minimum absolute atomic E-state index is 0.134. The van der Waals surface area contributed by atoms with E-state index < -0.39 is 15.8 Å². The summed E-state index contributed by atoms with van der Waals surface area (Å²) in [7, 11) is -3.45. The largest absolute Gasteiger partial charge is 0.350 e. The molecule has 0 amide bonds. The molecule has 1 aromatic rings. The van der Waals surface area contributed by atoms with Gasteiger partial charge in [-0.2, -0.15) is 13.1 Å². The predicted molar refractivity (Wildman–Crippen MR) is 68.8 cm³/mol. The van der Waals surface area contributed by atoms with Gasteiger partial charge in [-0.05, 0) is 17.7 Å². The van der Waals surface area contributed by atoms with E-state index in [1.807, 2.05) is 0 Å². The number of nitrogens with zero attached hydrogens (tertiary/aromatic N) is 1. The number of alkyl halides is 2. The lowest BCUT2D eigenvalue weighted by atomic mass is 10.1. The van der Waals surface area contributed by atoms with Crippen molar-refractivity contribution in [1.82, 2.24) is 4.31 Å². The first-order valence-corrected chi connectivity index (χ1v) is 6.89. The molecule has 1 rings (SSSR count). The molecule has 0 saturated carbocycles. The fourth-order valence-corrected chi connectivity index (χ4v) is 1.98. The maximum Gasteiger partial charge on any atom is 0.350 e. The number of rotatable bonds is 4. The molecule has 0 aliphatic carbocycles. The van der Waals surface area contributed by atoms with E-state index in [1.165, 1.54) is 0 Å². The average molecular weight is 288 g/mol. The van der Waals surface area contributed by atoms with Gasteiger partial charge in [-0.25, -0.2) is 8.42 Å². The first kappa shape index (κ1) is 15.6. The molecule has 0 aliphatic rings. The number of benzene rings is 1. The molecule has 0 saturated heterocycles. The third kappa shape index (κ3) is 4.28. The van der Waals surface area contributed by atoms with Crippen LogP contribution in [0.4, 0.5) is 8.78 Å². The van der Waals surface area contributed by atoms with Gasteiger partial charge in [-0.15, -0.1) is 0 Å². The molecule has 0 fully saturated rings. The Balaban J connectivity index is 2.89. The van der Waals surface area contributed by atoms with Gasteiger partial charge in [0.2, 0.25) is 0 Å². The Labute approximate surface area is 111 Å². The van der Waals surface area contributed by atoms with Gasteiger partial charge in [0.25, 0.3) is 10.0 Å². The molecule has 0 radical (unpaired) electrons. The molecule has 0 atom stereocenters. The summed E-state index contributed by atoms with van der Waals surface area (Å²) in [6.45, 7) is 0.0781. The van der Waals surface area contributed by atoms with E-state index in [1.54, 1.807) is 24.3 Å². The molecular weight excluding hydrogens is 274 g/mol. The van der Waals surface area contributed by atoms with E-state index in [0.717, 1.165) is 7.05 Å². The Morgan fingerprint density at radius 2 is 2.11 bits per heavy atom. The smallest absolute Gasteiger partial charge is 0.320 e. The van der Waals surface area contributed by atoms with Crippen LogP contribution < -0.4 is 5.73 Å². The van der Waals surface area contributed by atoms with Gasteiger partial charge in [0, 0.05) is 19.2 Å². The lowest BCUT2D eigenvalue weighted by Gasteiger charge is -2.16. The molecule has 0 heterocycles. The standard InChI is InChI=1S/C12H14F2N2O2S/c1-16(19(17,18)12(13)14)9-11-5-2-4-10(8-11)6-3-7-15/h2,4-5,8,12H,7,9,15H2,1H3. The summed E-state index contributed by atoms with van der Waals surface area (Å²) in [4.78, 5) is 0. The summed E-state index contributed by atoms with van der Waals surface area (Å²) >= 11 is 0. The van der Waals surface area contributed by atoms with E-state index in [2.05, 4.69) is 11.8 Å². The molecule has 0 unspecified atom stereocenters. The van der Waals surface area contributed by atoms with E-state index in [4.69, 9.17) is 5.73 Å². The monoisotopic (exact) mass is 288 g/mol. The molecule has 1 aromatic carbocycles. The number of nitrogens with two attached hydrogens (primary N) is 1. The van der Waals surface area contributed by atoms with Crippen LogP contribution in [0.1, 0.15) is 11.1 Å². The Hall–Kier alpha value is -1.49. The van der Waals surface area contributed by atoms with Gasteiger partial charge >= 0.3 is 5.76 Å². The van der Waals surface area contributed by atoms with Gasteiger partial charge in [0.05, 0.1) is 6.54 Å². The van der Waals surface area contributed by atoms with Gasteiger partial charge in [-0.3, -0.25) is 0 Å². The number of sulfonamides is 1. The molecular formula is C12H14F2N2O2S. The molecule has 2 N–H and O–H groups in total. The molecule has 0 aromatic heterocycles. The Bertz CT molecular complexity index is 591. The minimum atomic E-state index is -4.56. The average Bonchev–Trinajstić information content (AvgIpc) is 2.36. The van der Waals surface area contributed by atoms with Crippen LogP contribution in [0.5, 0.6) is 0 Å². The number of hydrogen-bond acceptors (Lipinski definition) is 3. The van der Waals surface area contributed by atoms with E-state index >= 15 is 0 Å². The fraction of sp³-hybridized carbons (Fsp3) is 0.333. The highest BCUT2D eigenvalue weighted by atomic mass is 32.2. The van der Waals surface area contributed by atoms with E-state index in [-0.39, 0.29) is 13.1 Å². The third-order valence-corrected chi connectivity index (χ3v) is 3.77. The SMILES string of the molecule is CN(Cc1cccc(C#CCN)c1)S(=O)(=O)C(F)F. The van der Waals surface area contributed by atoms with Crippen molar-refractivity contribution in [1.29, 1.82) is 0 Å². The highest BCUT2D eigenvalue weighted by Crippen LogP contribution is 2.14. The normalized spacial score (nSPS) is 11.5. The minimum Gasteiger partial charge on any atom is -0.320 e. The topological polar surface area (TPSA) is 63.4 Å². The summed E-state index contributed by atoms with van der Waals surface area (Å²) in [5.74, 6) is 2.03. The van der Waals surface area contributed by atoms with Crippen molar-refractivity contribution >= 4 is 10.0 Å². The Kier molecular flexibility index (Phi) is 5.42. The molecule has 0 aliphatic heterocycles. The molecule has 7 heteroatoms. The summed E-state index contributed by atoms with van der Waals surface area (Å²) in [5, 5.41) is 0. The summed E-state index contributed by atoms with van der Waals surface area (Å²) < 4.78 is 47.8. The fourth-order valence-electron chi connectivity index (χ4n) is 1.38. The van der Waals surface area contributed by atoms with Crippen molar-refractivity contribution < 1.29 is 17.2 Å². The second-order valence-electron chi connectivity index (χ2n) is 3.77. The van der Waals surface area contributed by atoms with Crippen molar-refractivity contribution in [2.75, 3.05) is 13.6 Å². The molecule has 0 bridgehead atoms. The van der Waals surface area contributed by atoms with Crippen LogP contribution in [0.2, 0.25) is 0 Å². The van der Waals surface area contributed by atoms with Gasteiger partial charge in [0.1, 0.15) is 0 Å². The van der Waals surface area contributed by atoms with Crippen molar-refractivity contribution in [2.45, 2.75) is 12.3 Å². The van der Waals surface area contributed by atoms with Gasteiger partial charge in [-0.1, -0.05) is 24.0 Å². The van der Waals surface area contributed by atoms with Crippen molar-refractivity contribution in [2.24, 2.45) is 5.73 Å². The zero-order valence-electron chi connectivity index (χ0n) is 10.3. The predicted octanol–water partition coefficient (Wildman–Crippen LogP) is 0.981. The zero-order valence-corrected chi connectivity index (χ0v) is 11.1. The van der Waals surface area contributed by atoms with Crippen molar-refractivity contribution in [3.63, 3.8) is 0 Å². The lowest BCUT2D eigenvalue weighted by Crippen LogP contribution is -2.31. The van der Waals surface area contributed by atoms with E-state index in [0.29, 0.717) is 15.4 Å². The molecule has 0 spiro atoms. The van der Waals surface area contributed by atoms with Crippen LogP contribution in [-0.2, 0) is 16.6 Å². The molecule has 4 nitrogen and oxygen atoms in total. The molecule has 19 heavy (non-hydrogen) atoms. The van der Waals surface area contributed by atoms with E-state index in [9.17, 15) is 17.2 Å². The van der Waals surface area contributed by atoms with Crippen LogP contribution in [0.3, 0.4) is 0 Å². The number of hydrogen-bond donors (Lipinski definition) is 1. The first-order valence-electron chi connectivity index (χ1n) is 5.39. The van der Waals surface area contributed by atoms with Crippen LogP contribution in [-0.4, -0.2) is 32.1 Å². The zero-order chi connectivity index (χ0) is 14.5. The molecule has 104 valence electrons. The van der Waals surface area contributed by atoms with Crippen molar-refractivity contribution in [3.8, 4) is 11.8 Å². The highest BCUT2D eigenvalue weighted by molar-refractivity contribution is 7.89. The maximum atomic E-state index is 12.3. The van der Waals surface area contributed by atoms with Crippen LogP contribution >= 0.6 is 0 Å². The second kappa shape index (κ2) is 6.61. The van der Waals surface area contributed by atoms with Crippen LogP contribution in [0, 0.1) is 11.8 Å². The summed E-state index contributed by atoms with van der Waals surface area (Å²) in [6, 6.07) is 6.69. The van der Waals surface area contributed by atoms with Gasteiger partial charge < -0.3 is 5.73 Å².